The number of carbonyl (C=O) groups is 1. The monoisotopic (exact) mass is 372 g/mol. The van der Waals surface area contributed by atoms with Gasteiger partial charge in [-0.25, -0.2) is 0 Å². The zero-order valence-electron chi connectivity index (χ0n) is 15.4. The van der Waals surface area contributed by atoms with Gasteiger partial charge in [-0.2, -0.15) is 0 Å². The molecule has 0 radical (unpaired) electrons. The van der Waals surface area contributed by atoms with Crippen molar-refractivity contribution in [2.75, 3.05) is 5.32 Å². The molecule has 0 aromatic heterocycles. The van der Waals surface area contributed by atoms with Crippen molar-refractivity contribution in [3.05, 3.63) is 64.2 Å². The van der Waals surface area contributed by atoms with Gasteiger partial charge in [0.25, 0.3) is 5.69 Å². The maximum Gasteiger partial charge on any atom is 0.278 e. The van der Waals surface area contributed by atoms with E-state index >= 15 is 0 Å². The van der Waals surface area contributed by atoms with Crippen molar-refractivity contribution in [2.45, 2.75) is 45.3 Å². The lowest BCUT2D eigenvalue weighted by molar-refractivity contribution is -0.386. The highest BCUT2D eigenvalue weighted by atomic mass is 16.6. The summed E-state index contributed by atoms with van der Waals surface area (Å²) in [5.74, 6) is 0.303. The Morgan fingerprint density at radius 3 is 2.56 bits per heavy atom. The number of nitrogens with zero attached hydrogens (tertiary/aromatic N) is 1. The molecule has 0 aliphatic heterocycles. The molecule has 27 heavy (non-hydrogen) atoms. The van der Waals surface area contributed by atoms with Gasteiger partial charge in [-0.05, 0) is 51.0 Å². The number of benzene rings is 2. The van der Waals surface area contributed by atoms with Crippen LogP contribution in [0.1, 0.15) is 44.8 Å². The number of aliphatic hydroxyl groups is 1. The summed E-state index contributed by atoms with van der Waals surface area (Å²) in [5.41, 5.74) is 0.840. The van der Waals surface area contributed by atoms with E-state index in [-0.39, 0.29) is 23.3 Å². The summed E-state index contributed by atoms with van der Waals surface area (Å²) in [7, 11) is 0. The van der Waals surface area contributed by atoms with Crippen LogP contribution in [0.4, 0.5) is 11.4 Å². The van der Waals surface area contributed by atoms with Crippen LogP contribution in [0.15, 0.2) is 48.5 Å². The first-order valence-corrected chi connectivity index (χ1v) is 8.84. The van der Waals surface area contributed by atoms with Crippen LogP contribution < -0.4 is 10.1 Å². The second-order valence-electron chi connectivity index (χ2n) is 6.39. The molecule has 1 amide bonds. The number of amides is 1. The van der Waals surface area contributed by atoms with Gasteiger partial charge in [-0.3, -0.25) is 14.9 Å². The summed E-state index contributed by atoms with van der Waals surface area (Å²) in [6, 6.07) is 13.7. The first-order chi connectivity index (χ1) is 12.9. The number of anilines is 1. The quantitative estimate of drug-likeness (QED) is 0.507. The zero-order chi connectivity index (χ0) is 19.8. The third-order valence-electron chi connectivity index (χ3n) is 4.06. The van der Waals surface area contributed by atoms with Gasteiger partial charge in [0.15, 0.2) is 0 Å². The van der Waals surface area contributed by atoms with Gasteiger partial charge in [0.1, 0.15) is 5.75 Å². The van der Waals surface area contributed by atoms with Crippen LogP contribution in [-0.2, 0) is 4.79 Å². The largest absolute Gasteiger partial charge is 0.490 e. The number of nitro benzene ring substituents is 1. The maximum atomic E-state index is 11.9. The molecule has 0 heterocycles. The molecule has 2 atom stereocenters. The summed E-state index contributed by atoms with van der Waals surface area (Å²) in [6.07, 6.45) is 0.498. The number of nitro groups is 1. The lowest BCUT2D eigenvalue weighted by atomic mass is 10.1. The second kappa shape index (κ2) is 9.68. The summed E-state index contributed by atoms with van der Waals surface area (Å²) < 4.78 is 5.72. The molecule has 0 spiro atoms. The minimum Gasteiger partial charge on any atom is -0.490 e. The predicted octanol–water partition coefficient (Wildman–Crippen LogP) is 4.22. The van der Waals surface area contributed by atoms with E-state index < -0.39 is 11.0 Å². The SMILES string of the molecule is CC(CCCC(=O)Nc1ccccc1)Oc1ccc(C(C)O)c([N+](=O)[O-])c1. The Morgan fingerprint density at radius 1 is 1.22 bits per heavy atom. The third kappa shape index (κ3) is 6.38. The van der Waals surface area contributed by atoms with Crippen molar-refractivity contribution in [1.82, 2.24) is 0 Å². The Bertz CT molecular complexity index is 777. The van der Waals surface area contributed by atoms with E-state index in [0.29, 0.717) is 25.0 Å². The Labute approximate surface area is 158 Å². The summed E-state index contributed by atoms with van der Waals surface area (Å²) >= 11 is 0. The number of rotatable bonds is 9. The maximum absolute atomic E-state index is 11.9. The number of nitrogens with one attached hydrogen (secondary N) is 1. The van der Waals surface area contributed by atoms with E-state index in [1.54, 1.807) is 6.07 Å². The number of ether oxygens (including phenoxy) is 1. The molecule has 2 N–H and O–H groups in total. The fourth-order valence-corrected chi connectivity index (χ4v) is 2.69. The highest BCUT2D eigenvalue weighted by Crippen LogP contribution is 2.30. The molecule has 2 aromatic carbocycles. The minimum atomic E-state index is -0.931. The van der Waals surface area contributed by atoms with Gasteiger partial charge >= 0.3 is 0 Å². The van der Waals surface area contributed by atoms with Gasteiger partial charge in [-0.15, -0.1) is 0 Å². The van der Waals surface area contributed by atoms with E-state index in [2.05, 4.69) is 5.32 Å². The van der Waals surface area contributed by atoms with Crippen LogP contribution in [0.5, 0.6) is 5.75 Å². The van der Waals surface area contributed by atoms with Crippen molar-refractivity contribution in [3.8, 4) is 5.75 Å². The van der Waals surface area contributed by atoms with E-state index in [1.807, 2.05) is 37.3 Å². The fraction of sp³-hybridized carbons (Fsp3) is 0.350. The Morgan fingerprint density at radius 2 is 1.93 bits per heavy atom. The molecule has 2 aromatic rings. The smallest absolute Gasteiger partial charge is 0.278 e. The van der Waals surface area contributed by atoms with E-state index in [1.165, 1.54) is 19.1 Å². The van der Waals surface area contributed by atoms with Gasteiger partial charge in [-0.1, -0.05) is 18.2 Å². The second-order valence-corrected chi connectivity index (χ2v) is 6.39. The van der Waals surface area contributed by atoms with Crippen LogP contribution in [0.25, 0.3) is 0 Å². The molecule has 7 heteroatoms. The highest BCUT2D eigenvalue weighted by molar-refractivity contribution is 5.90. The standard InChI is InChI=1S/C20H24N2O5/c1-14(7-6-10-20(24)21-16-8-4-3-5-9-16)27-17-11-12-18(15(2)23)19(13-17)22(25)26/h3-5,8-9,11-15,23H,6-7,10H2,1-2H3,(H,21,24). The molecule has 0 saturated carbocycles. The van der Waals surface area contributed by atoms with Crippen LogP contribution in [0.3, 0.4) is 0 Å². The number of hydrogen-bond donors (Lipinski definition) is 2. The Hall–Kier alpha value is -2.93. The molecule has 2 rings (SSSR count). The van der Waals surface area contributed by atoms with Gasteiger partial charge in [0, 0.05) is 12.1 Å². The van der Waals surface area contributed by atoms with Gasteiger partial charge in [0.2, 0.25) is 5.91 Å². The average Bonchev–Trinajstić information content (AvgIpc) is 2.62. The molecule has 0 fully saturated rings. The Balaban J connectivity index is 1.83. The highest BCUT2D eigenvalue weighted by Gasteiger charge is 2.19. The summed E-state index contributed by atoms with van der Waals surface area (Å²) in [5, 5.41) is 23.6. The lowest BCUT2D eigenvalue weighted by Crippen LogP contribution is -2.15. The topological polar surface area (TPSA) is 102 Å². The predicted molar refractivity (Wildman–Crippen MR) is 103 cm³/mol. The van der Waals surface area contributed by atoms with E-state index in [4.69, 9.17) is 4.74 Å². The third-order valence-corrected chi connectivity index (χ3v) is 4.06. The van der Waals surface area contributed by atoms with Crippen LogP contribution in [0, 0.1) is 10.1 Å². The minimum absolute atomic E-state index is 0.0645. The molecule has 0 aliphatic rings. The number of para-hydroxylation sites is 1. The molecule has 7 nitrogen and oxygen atoms in total. The molecule has 144 valence electrons. The van der Waals surface area contributed by atoms with Crippen LogP contribution >= 0.6 is 0 Å². The zero-order valence-corrected chi connectivity index (χ0v) is 15.4. The Kier molecular flexibility index (Phi) is 7.31. The first-order valence-electron chi connectivity index (χ1n) is 8.84. The van der Waals surface area contributed by atoms with Crippen molar-refractivity contribution < 1.29 is 19.6 Å². The number of aliphatic hydroxyl groups excluding tert-OH is 1. The number of hydrogen-bond acceptors (Lipinski definition) is 5. The van der Waals surface area contributed by atoms with Gasteiger partial charge < -0.3 is 15.2 Å². The van der Waals surface area contributed by atoms with Crippen LogP contribution in [0.2, 0.25) is 0 Å². The van der Waals surface area contributed by atoms with Crippen molar-refractivity contribution in [1.29, 1.82) is 0 Å². The van der Waals surface area contributed by atoms with E-state index in [0.717, 1.165) is 5.69 Å². The molecular formula is C20H24N2O5. The summed E-state index contributed by atoms with van der Waals surface area (Å²) in [4.78, 5) is 22.5. The van der Waals surface area contributed by atoms with Crippen molar-refractivity contribution >= 4 is 17.3 Å². The molecule has 0 saturated heterocycles. The van der Waals surface area contributed by atoms with Gasteiger partial charge in [0.05, 0.1) is 28.8 Å². The molecule has 0 bridgehead atoms. The lowest BCUT2D eigenvalue weighted by Gasteiger charge is -2.15. The fourth-order valence-electron chi connectivity index (χ4n) is 2.69. The number of carbonyl (C=O) groups excluding carboxylic acids is 1. The molecule has 2 unspecified atom stereocenters. The van der Waals surface area contributed by atoms with E-state index in [9.17, 15) is 20.0 Å². The average molecular weight is 372 g/mol. The molecule has 0 aliphatic carbocycles. The summed E-state index contributed by atoms with van der Waals surface area (Å²) in [6.45, 7) is 3.33. The normalized spacial score (nSPS) is 12.9. The van der Waals surface area contributed by atoms with Crippen molar-refractivity contribution in [3.63, 3.8) is 0 Å². The molecular weight excluding hydrogens is 348 g/mol. The van der Waals surface area contributed by atoms with Crippen molar-refractivity contribution in [2.24, 2.45) is 0 Å². The first kappa shape index (κ1) is 20.4. The van der Waals surface area contributed by atoms with Crippen LogP contribution in [-0.4, -0.2) is 22.0 Å².